The molecular weight excluding hydrogens is 246 g/mol. The molecule has 1 aromatic heterocycles. The van der Waals surface area contributed by atoms with E-state index >= 15 is 0 Å². The summed E-state index contributed by atoms with van der Waals surface area (Å²) in [6.07, 6.45) is 2.81. The number of para-hydroxylation sites is 1. The Kier molecular flexibility index (Phi) is 3.88. The maximum atomic E-state index is 4.77. The van der Waals surface area contributed by atoms with Crippen LogP contribution < -0.4 is 5.32 Å². The zero-order valence-corrected chi connectivity index (χ0v) is 12.4. The minimum absolute atomic E-state index is 0.907. The Morgan fingerprint density at radius 3 is 2.85 bits per heavy atom. The minimum Gasteiger partial charge on any atom is -0.370 e. The molecular formula is C17H23N3. The number of pyridine rings is 1. The van der Waals surface area contributed by atoms with E-state index in [4.69, 9.17) is 4.98 Å². The summed E-state index contributed by atoms with van der Waals surface area (Å²) in [6.45, 7) is 5.20. The van der Waals surface area contributed by atoms with Gasteiger partial charge in [0.1, 0.15) is 5.82 Å². The number of rotatable bonds is 6. The van der Waals surface area contributed by atoms with Crippen LogP contribution in [0.15, 0.2) is 30.3 Å². The Hall–Kier alpha value is -1.61. The van der Waals surface area contributed by atoms with Crippen LogP contribution in [0.2, 0.25) is 0 Å². The van der Waals surface area contributed by atoms with Crippen LogP contribution in [-0.4, -0.2) is 30.0 Å². The van der Waals surface area contributed by atoms with Crippen molar-refractivity contribution >= 4 is 16.7 Å². The SMILES string of the molecule is CCNc1nc2ccccc2cc1CN(C)CC1CC1. The highest BCUT2D eigenvalue weighted by Crippen LogP contribution is 2.30. The smallest absolute Gasteiger partial charge is 0.131 e. The minimum atomic E-state index is 0.907. The standard InChI is InChI=1S/C17H23N3/c1-3-18-17-15(12-20(2)11-13-8-9-13)10-14-6-4-5-7-16(14)19-17/h4-7,10,13H,3,8-9,11-12H2,1-2H3,(H,18,19). The number of benzene rings is 1. The molecule has 1 aromatic carbocycles. The molecule has 0 aliphatic heterocycles. The summed E-state index contributed by atoms with van der Waals surface area (Å²) in [5.41, 5.74) is 2.37. The maximum Gasteiger partial charge on any atom is 0.131 e. The van der Waals surface area contributed by atoms with Crippen molar-refractivity contribution in [2.24, 2.45) is 5.92 Å². The molecule has 3 nitrogen and oxygen atoms in total. The van der Waals surface area contributed by atoms with Gasteiger partial charge in [0.05, 0.1) is 5.52 Å². The molecule has 0 unspecified atom stereocenters. The first-order chi connectivity index (χ1) is 9.76. The zero-order chi connectivity index (χ0) is 13.9. The van der Waals surface area contributed by atoms with E-state index in [0.717, 1.165) is 30.3 Å². The van der Waals surface area contributed by atoms with Gasteiger partial charge in [0.15, 0.2) is 0 Å². The van der Waals surface area contributed by atoms with Crippen molar-refractivity contribution < 1.29 is 0 Å². The first-order valence-electron chi connectivity index (χ1n) is 7.57. The van der Waals surface area contributed by atoms with Crippen LogP contribution in [0, 0.1) is 5.92 Å². The van der Waals surface area contributed by atoms with Gasteiger partial charge in [0, 0.05) is 30.6 Å². The fraction of sp³-hybridized carbons (Fsp3) is 0.471. The van der Waals surface area contributed by atoms with Gasteiger partial charge in [-0.15, -0.1) is 0 Å². The molecule has 0 spiro atoms. The van der Waals surface area contributed by atoms with Gasteiger partial charge >= 0.3 is 0 Å². The lowest BCUT2D eigenvalue weighted by Crippen LogP contribution is -2.21. The fourth-order valence-corrected chi connectivity index (χ4v) is 2.70. The molecule has 0 saturated heterocycles. The highest BCUT2D eigenvalue weighted by atomic mass is 15.1. The molecule has 1 aliphatic carbocycles. The van der Waals surface area contributed by atoms with E-state index in [-0.39, 0.29) is 0 Å². The first kappa shape index (κ1) is 13.4. The number of aromatic nitrogens is 1. The number of anilines is 1. The van der Waals surface area contributed by atoms with Gasteiger partial charge in [0.2, 0.25) is 0 Å². The van der Waals surface area contributed by atoms with Gasteiger partial charge < -0.3 is 10.2 Å². The number of nitrogens with zero attached hydrogens (tertiary/aromatic N) is 2. The summed E-state index contributed by atoms with van der Waals surface area (Å²) < 4.78 is 0. The summed E-state index contributed by atoms with van der Waals surface area (Å²) in [6, 6.07) is 10.6. The van der Waals surface area contributed by atoms with Gasteiger partial charge in [0.25, 0.3) is 0 Å². The Morgan fingerprint density at radius 1 is 1.30 bits per heavy atom. The lowest BCUT2D eigenvalue weighted by Gasteiger charge is -2.19. The van der Waals surface area contributed by atoms with Crippen LogP contribution in [0.3, 0.4) is 0 Å². The second-order valence-electron chi connectivity index (χ2n) is 5.86. The van der Waals surface area contributed by atoms with Crippen molar-refractivity contribution in [1.29, 1.82) is 0 Å². The lowest BCUT2D eigenvalue weighted by atomic mass is 10.1. The molecule has 0 radical (unpaired) electrons. The molecule has 0 atom stereocenters. The topological polar surface area (TPSA) is 28.2 Å². The fourth-order valence-electron chi connectivity index (χ4n) is 2.70. The molecule has 1 saturated carbocycles. The Morgan fingerprint density at radius 2 is 2.10 bits per heavy atom. The largest absolute Gasteiger partial charge is 0.370 e. The van der Waals surface area contributed by atoms with Crippen molar-refractivity contribution in [2.45, 2.75) is 26.3 Å². The van der Waals surface area contributed by atoms with Crippen molar-refractivity contribution in [3.05, 3.63) is 35.9 Å². The summed E-state index contributed by atoms with van der Waals surface area (Å²) in [4.78, 5) is 7.20. The van der Waals surface area contributed by atoms with Gasteiger partial charge in [-0.1, -0.05) is 18.2 Å². The predicted molar refractivity (Wildman–Crippen MR) is 85.0 cm³/mol. The molecule has 1 N–H and O–H groups in total. The second-order valence-corrected chi connectivity index (χ2v) is 5.86. The molecule has 1 heterocycles. The van der Waals surface area contributed by atoms with Crippen LogP contribution in [-0.2, 0) is 6.54 Å². The summed E-state index contributed by atoms with van der Waals surface area (Å²) >= 11 is 0. The lowest BCUT2D eigenvalue weighted by molar-refractivity contribution is 0.313. The number of hydrogen-bond acceptors (Lipinski definition) is 3. The third-order valence-electron chi connectivity index (χ3n) is 3.85. The van der Waals surface area contributed by atoms with Crippen LogP contribution in [0.25, 0.3) is 10.9 Å². The van der Waals surface area contributed by atoms with Gasteiger partial charge in [-0.2, -0.15) is 0 Å². The van der Waals surface area contributed by atoms with Crippen LogP contribution in [0.5, 0.6) is 0 Å². The van der Waals surface area contributed by atoms with Gasteiger partial charge in [-0.25, -0.2) is 4.98 Å². The van der Waals surface area contributed by atoms with E-state index in [9.17, 15) is 0 Å². The average molecular weight is 269 g/mol. The highest BCUT2D eigenvalue weighted by Gasteiger charge is 2.23. The molecule has 1 aliphatic rings. The second kappa shape index (κ2) is 5.80. The molecule has 106 valence electrons. The maximum absolute atomic E-state index is 4.77. The van der Waals surface area contributed by atoms with Crippen LogP contribution >= 0.6 is 0 Å². The normalized spacial score (nSPS) is 14.9. The number of hydrogen-bond donors (Lipinski definition) is 1. The molecule has 3 rings (SSSR count). The van der Waals surface area contributed by atoms with E-state index in [1.807, 2.05) is 6.07 Å². The van der Waals surface area contributed by atoms with Crippen LogP contribution in [0.4, 0.5) is 5.82 Å². The summed E-state index contributed by atoms with van der Waals surface area (Å²) in [7, 11) is 2.21. The predicted octanol–water partition coefficient (Wildman–Crippen LogP) is 3.51. The van der Waals surface area contributed by atoms with E-state index in [0.29, 0.717) is 0 Å². The average Bonchev–Trinajstić information content (AvgIpc) is 3.23. The summed E-state index contributed by atoms with van der Waals surface area (Å²) in [5.74, 6) is 1.96. The molecule has 2 aromatic rings. The molecule has 20 heavy (non-hydrogen) atoms. The highest BCUT2D eigenvalue weighted by molar-refractivity contribution is 5.81. The third-order valence-corrected chi connectivity index (χ3v) is 3.85. The van der Waals surface area contributed by atoms with E-state index in [1.54, 1.807) is 0 Å². The van der Waals surface area contributed by atoms with Crippen molar-refractivity contribution in [2.75, 3.05) is 25.5 Å². The van der Waals surface area contributed by atoms with Gasteiger partial charge in [-0.3, -0.25) is 0 Å². The third kappa shape index (κ3) is 3.10. The Balaban J connectivity index is 1.87. The Labute approximate surface area is 121 Å². The number of nitrogens with one attached hydrogen (secondary N) is 1. The number of fused-ring (bicyclic) bond motifs is 1. The van der Waals surface area contributed by atoms with Crippen molar-refractivity contribution in [3.63, 3.8) is 0 Å². The molecule has 3 heteroatoms. The van der Waals surface area contributed by atoms with Crippen molar-refractivity contribution in [1.82, 2.24) is 9.88 Å². The first-order valence-corrected chi connectivity index (χ1v) is 7.57. The van der Waals surface area contributed by atoms with E-state index in [2.05, 4.69) is 48.5 Å². The quantitative estimate of drug-likeness (QED) is 0.870. The summed E-state index contributed by atoms with van der Waals surface area (Å²) in [5, 5.41) is 4.63. The van der Waals surface area contributed by atoms with Crippen LogP contribution in [0.1, 0.15) is 25.3 Å². The monoisotopic (exact) mass is 269 g/mol. The van der Waals surface area contributed by atoms with E-state index < -0.39 is 0 Å². The zero-order valence-electron chi connectivity index (χ0n) is 12.4. The van der Waals surface area contributed by atoms with Crippen molar-refractivity contribution in [3.8, 4) is 0 Å². The molecule has 0 bridgehead atoms. The van der Waals surface area contributed by atoms with E-state index in [1.165, 1.54) is 30.3 Å². The molecule has 1 fully saturated rings. The Bertz CT molecular complexity index is 590. The van der Waals surface area contributed by atoms with Gasteiger partial charge in [-0.05, 0) is 44.9 Å². The molecule has 0 amide bonds.